The van der Waals surface area contributed by atoms with Gasteiger partial charge in [-0.1, -0.05) is 6.07 Å². The van der Waals surface area contributed by atoms with Crippen LogP contribution in [0.25, 0.3) is 0 Å². The quantitative estimate of drug-likeness (QED) is 0.366. The molecule has 3 aliphatic rings. The molecule has 8 nitrogen and oxygen atoms in total. The summed E-state index contributed by atoms with van der Waals surface area (Å²) in [6, 6.07) is 5.08. The number of pyridine rings is 1. The van der Waals surface area contributed by atoms with Crippen molar-refractivity contribution in [3.8, 4) is 0 Å². The lowest BCUT2D eigenvalue weighted by atomic mass is 9.30. The molecule has 3 saturated carbocycles. The van der Waals surface area contributed by atoms with E-state index in [4.69, 9.17) is 9.84 Å². The van der Waals surface area contributed by atoms with Crippen LogP contribution < -0.4 is 0 Å². The van der Waals surface area contributed by atoms with Crippen LogP contribution in [0, 0.1) is 17.0 Å². The molecule has 0 radical (unpaired) electrons. The van der Waals surface area contributed by atoms with Gasteiger partial charge in [-0.2, -0.15) is 13.2 Å². The molecule has 2 heterocycles. The highest BCUT2D eigenvalue weighted by atomic mass is 19.4. The maximum atomic E-state index is 16.2. The fourth-order valence-electron chi connectivity index (χ4n) is 5.72. The highest BCUT2D eigenvalue weighted by Crippen LogP contribution is 2.80. The lowest BCUT2D eigenvalue weighted by Gasteiger charge is -2.74. The van der Waals surface area contributed by atoms with Crippen LogP contribution in [0.5, 0.6) is 0 Å². The van der Waals surface area contributed by atoms with Gasteiger partial charge >= 0.3 is 6.18 Å². The van der Waals surface area contributed by atoms with Crippen LogP contribution in [-0.4, -0.2) is 60.2 Å². The van der Waals surface area contributed by atoms with E-state index in [1.165, 1.54) is 12.3 Å². The number of hydrogen-bond acceptors (Lipinski definition) is 7. The molecule has 2 aromatic heterocycles. The molecule has 1 aromatic carbocycles. The first-order chi connectivity index (χ1) is 18.2. The Morgan fingerprint density at radius 2 is 1.77 bits per heavy atom. The molecule has 1 unspecified atom stereocenters. The number of nitrogens with zero attached hydrogens (tertiary/aromatic N) is 5. The number of benzene rings is 1. The van der Waals surface area contributed by atoms with Crippen LogP contribution in [0.4, 0.5) is 30.7 Å². The van der Waals surface area contributed by atoms with E-state index in [9.17, 15) is 27.1 Å². The number of aliphatic hydroxyl groups is 2. The minimum atomic E-state index is -4.81. The smallest absolute Gasteiger partial charge is 0.382 e. The zero-order valence-electron chi connectivity index (χ0n) is 20.0. The third-order valence-corrected chi connectivity index (χ3v) is 7.72. The van der Waals surface area contributed by atoms with E-state index in [1.54, 1.807) is 6.07 Å². The predicted molar refractivity (Wildman–Crippen MR) is 117 cm³/mol. The Morgan fingerprint density at radius 3 is 2.33 bits per heavy atom. The van der Waals surface area contributed by atoms with Gasteiger partial charge < -0.3 is 14.9 Å². The monoisotopic (exact) mass is 561 g/mol. The SMILES string of the molecule is OC(COCc1ccc(C23CC(C(F)(F)[C@](O)(Cn4cnnn4)c4ccc(F)cc4F)(C2)C3)cn1)C(F)(F)F. The number of tetrazole rings is 1. The summed E-state index contributed by atoms with van der Waals surface area (Å²) in [7, 11) is 0. The molecule has 0 saturated heterocycles. The summed E-state index contributed by atoms with van der Waals surface area (Å²) >= 11 is 0. The molecular weight excluding hydrogens is 539 g/mol. The molecule has 210 valence electrons. The van der Waals surface area contributed by atoms with Crippen LogP contribution >= 0.6 is 0 Å². The van der Waals surface area contributed by atoms with Crippen LogP contribution in [-0.2, 0) is 28.9 Å². The largest absolute Gasteiger partial charge is 0.416 e. The summed E-state index contributed by atoms with van der Waals surface area (Å²) in [6.45, 7) is -2.14. The third-order valence-electron chi connectivity index (χ3n) is 7.72. The zero-order valence-corrected chi connectivity index (χ0v) is 20.0. The van der Waals surface area contributed by atoms with Gasteiger partial charge in [-0.3, -0.25) is 4.98 Å². The van der Waals surface area contributed by atoms with Crippen molar-refractivity contribution in [3.05, 3.63) is 71.3 Å². The Hall–Kier alpha value is -3.17. The average Bonchev–Trinajstić information content (AvgIpc) is 3.30. The Labute approximate surface area is 216 Å². The van der Waals surface area contributed by atoms with E-state index in [2.05, 4.69) is 20.5 Å². The average molecular weight is 561 g/mol. The summed E-state index contributed by atoms with van der Waals surface area (Å²) < 4.78 is 103. The van der Waals surface area contributed by atoms with Crippen molar-refractivity contribution < 1.29 is 45.7 Å². The summed E-state index contributed by atoms with van der Waals surface area (Å²) in [5.74, 6) is -6.21. The molecule has 3 fully saturated rings. The van der Waals surface area contributed by atoms with E-state index in [0.29, 0.717) is 11.6 Å². The third kappa shape index (κ3) is 4.45. The first kappa shape index (κ1) is 27.4. The molecule has 2 N–H and O–H groups in total. The van der Waals surface area contributed by atoms with Gasteiger partial charge in [0.25, 0.3) is 5.92 Å². The van der Waals surface area contributed by atoms with Crippen LogP contribution in [0.2, 0.25) is 0 Å². The molecule has 2 atom stereocenters. The maximum absolute atomic E-state index is 16.2. The predicted octanol–water partition coefficient (Wildman–Crippen LogP) is 3.43. The van der Waals surface area contributed by atoms with E-state index in [0.717, 1.165) is 23.1 Å². The summed E-state index contributed by atoms with van der Waals surface area (Å²) in [6.07, 6.45) is -5.17. The zero-order chi connectivity index (χ0) is 28.3. The van der Waals surface area contributed by atoms with E-state index >= 15 is 8.78 Å². The Kier molecular flexibility index (Phi) is 6.46. The minimum Gasteiger partial charge on any atom is -0.382 e. The number of aromatic nitrogens is 5. The van der Waals surface area contributed by atoms with E-state index in [-0.39, 0.29) is 31.6 Å². The number of ether oxygens (including phenoxy) is 1. The first-order valence-corrected chi connectivity index (χ1v) is 11.8. The van der Waals surface area contributed by atoms with Crippen LogP contribution in [0.3, 0.4) is 0 Å². The highest BCUT2D eigenvalue weighted by molar-refractivity contribution is 5.42. The maximum Gasteiger partial charge on any atom is 0.416 e. The molecule has 3 aliphatic carbocycles. The van der Waals surface area contributed by atoms with Gasteiger partial charge in [0, 0.05) is 23.2 Å². The van der Waals surface area contributed by atoms with Gasteiger partial charge in [-0.05, 0) is 58.9 Å². The number of alkyl halides is 5. The Balaban J connectivity index is 1.31. The first-order valence-electron chi connectivity index (χ1n) is 11.8. The van der Waals surface area contributed by atoms with Crippen LogP contribution in [0.15, 0.2) is 42.9 Å². The molecule has 0 spiro atoms. The fraction of sp³-hybridized carbons (Fsp3) is 0.500. The van der Waals surface area contributed by atoms with Gasteiger partial charge in [0.2, 0.25) is 0 Å². The molecule has 0 aliphatic heterocycles. The molecule has 6 rings (SSSR count). The second-order valence-corrected chi connectivity index (χ2v) is 10.3. The normalized spacial score (nSPS) is 24.9. The van der Waals surface area contributed by atoms with Crippen molar-refractivity contribution in [2.75, 3.05) is 6.61 Å². The molecular formula is C24H22F7N5O3. The topological polar surface area (TPSA) is 106 Å². The molecule has 3 aromatic rings. The fourth-order valence-corrected chi connectivity index (χ4v) is 5.72. The number of halogens is 7. The van der Waals surface area contributed by atoms with Gasteiger partial charge in [-0.15, -0.1) is 5.10 Å². The number of aliphatic hydroxyl groups excluding tert-OH is 1. The molecule has 39 heavy (non-hydrogen) atoms. The molecule has 2 bridgehead atoms. The second kappa shape index (κ2) is 9.20. The summed E-state index contributed by atoms with van der Waals surface area (Å²) in [4.78, 5) is 4.13. The van der Waals surface area contributed by atoms with Gasteiger partial charge in [-0.25, -0.2) is 22.2 Å². The van der Waals surface area contributed by atoms with Crippen molar-refractivity contribution in [1.29, 1.82) is 0 Å². The van der Waals surface area contributed by atoms with Gasteiger partial charge in [0.1, 0.15) is 18.0 Å². The van der Waals surface area contributed by atoms with Crippen molar-refractivity contribution in [1.82, 2.24) is 25.2 Å². The minimum absolute atomic E-state index is 0.0525. The lowest BCUT2D eigenvalue weighted by Crippen LogP contribution is -2.76. The molecule has 0 amide bonds. The Morgan fingerprint density at radius 1 is 1.05 bits per heavy atom. The summed E-state index contributed by atoms with van der Waals surface area (Å²) in [5, 5.41) is 30.6. The lowest BCUT2D eigenvalue weighted by molar-refractivity contribution is -0.347. The van der Waals surface area contributed by atoms with Crippen molar-refractivity contribution in [2.24, 2.45) is 5.41 Å². The summed E-state index contributed by atoms with van der Waals surface area (Å²) in [5.41, 5.74) is -5.35. The van der Waals surface area contributed by atoms with Crippen molar-refractivity contribution in [3.63, 3.8) is 0 Å². The van der Waals surface area contributed by atoms with E-state index < -0.39 is 65.0 Å². The van der Waals surface area contributed by atoms with E-state index in [1.807, 2.05) is 0 Å². The highest BCUT2D eigenvalue weighted by Gasteiger charge is 2.82. The van der Waals surface area contributed by atoms with Crippen molar-refractivity contribution in [2.45, 2.75) is 61.6 Å². The van der Waals surface area contributed by atoms with Crippen molar-refractivity contribution >= 4 is 0 Å². The standard InChI is InChI=1S/C24H22F7N5O3/c25-15-2-4-17(18(26)5-15)22(38,12-36-13-33-34-35-36)24(30,31)21-9-20(10-21,11-21)14-1-3-16(32-6-14)7-39-8-19(37)23(27,28)29/h1-6,13,19,37-38H,7-12H2/t19?,20?,21?,22-/m0/s1. The van der Waals surface area contributed by atoms with Gasteiger partial charge in [0.15, 0.2) is 11.7 Å². The van der Waals surface area contributed by atoms with Crippen LogP contribution in [0.1, 0.15) is 36.1 Å². The molecule has 15 heteroatoms. The Bertz CT molecular complexity index is 1320. The second-order valence-electron chi connectivity index (χ2n) is 10.3. The number of rotatable bonds is 10. The number of hydrogen-bond donors (Lipinski definition) is 2. The van der Waals surface area contributed by atoms with Gasteiger partial charge in [0.05, 0.1) is 25.5 Å².